The van der Waals surface area contributed by atoms with E-state index < -0.39 is 14.5 Å². The van der Waals surface area contributed by atoms with E-state index in [-0.39, 0.29) is 43.1 Å². The predicted molar refractivity (Wildman–Crippen MR) is 98.9 cm³/mol. The predicted octanol–water partition coefficient (Wildman–Crippen LogP) is 3.13. The van der Waals surface area contributed by atoms with Crippen molar-refractivity contribution in [2.24, 2.45) is 5.92 Å². The number of allylic oxidation sites excluding steroid dienone is 1. The maximum atomic E-state index is 12.2. The Labute approximate surface area is 153 Å². The molecule has 0 aromatic rings. The molecule has 142 valence electrons. The summed E-state index contributed by atoms with van der Waals surface area (Å²) in [7, 11) is -0.853. The fourth-order valence-corrected chi connectivity index (χ4v) is 5.70. The van der Waals surface area contributed by atoms with Crippen LogP contribution in [0.1, 0.15) is 49.3 Å². The van der Waals surface area contributed by atoms with Gasteiger partial charge in [0.1, 0.15) is 14.5 Å². The van der Waals surface area contributed by atoms with E-state index in [4.69, 9.17) is 10.6 Å². The van der Waals surface area contributed by atoms with Crippen molar-refractivity contribution in [2.75, 3.05) is 6.66 Å². The fraction of sp³-hybridized carbons (Fsp3) is 0.778. The highest BCUT2D eigenvalue weighted by Crippen LogP contribution is 2.46. The van der Waals surface area contributed by atoms with Crippen LogP contribution in [0.2, 0.25) is 0 Å². The van der Waals surface area contributed by atoms with Gasteiger partial charge in [0.25, 0.3) is 0 Å². The molecule has 1 fully saturated rings. The summed E-state index contributed by atoms with van der Waals surface area (Å²) in [6, 6.07) is 0.707. The summed E-state index contributed by atoms with van der Waals surface area (Å²) >= 11 is 0. The van der Waals surface area contributed by atoms with Gasteiger partial charge in [0, 0.05) is 25.6 Å². The maximum Gasteiger partial charge on any atom is 0.236 e. The number of ether oxygens (including phenoxy) is 1. The van der Waals surface area contributed by atoms with E-state index in [9.17, 15) is 9.59 Å². The highest BCUT2D eigenvalue weighted by atomic mass is 31.2. The maximum absolute atomic E-state index is 12.2. The average molecular weight is 371 g/mol. The van der Waals surface area contributed by atoms with Crippen LogP contribution >= 0.6 is 8.30 Å². The second kappa shape index (κ2) is 8.26. The minimum Gasteiger partial charge on any atom is -0.352 e. The second-order valence-electron chi connectivity index (χ2n) is 7.29. The van der Waals surface area contributed by atoms with Crippen LogP contribution in [0.3, 0.4) is 0 Å². The van der Waals surface area contributed by atoms with Crippen LogP contribution in [-0.4, -0.2) is 58.4 Å². The van der Waals surface area contributed by atoms with Gasteiger partial charge in [-0.15, -0.1) is 0 Å². The van der Waals surface area contributed by atoms with E-state index >= 15 is 0 Å². The number of amides is 1. The van der Waals surface area contributed by atoms with Crippen molar-refractivity contribution >= 4 is 20.0 Å². The van der Waals surface area contributed by atoms with Crippen molar-refractivity contribution in [2.45, 2.75) is 78.5 Å². The minimum absolute atomic E-state index is 0.0721. The Morgan fingerprint density at radius 3 is 2.52 bits per heavy atom. The Bertz CT molecular complexity index is 549. The van der Waals surface area contributed by atoms with Crippen molar-refractivity contribution < 1.29 is 20.2 Å². The fourth-order valence-electron chi connectivity index (χ4n) is 3.61. The number of carbonyl (C=O) groups is 2. The van der Waals surface area contributed by atoms with E-state index in [0.717, 1.165) is 0 Å². The molecule has 0 aliphatic carbocycles. The van der Waals surface area contributed by atoms with Gasteiger partial charge in [-0.2, -0.15) is 0 Å². The average Bonchev–Trinajstić information content (AvgIpc) is 2.83. The number of carbonyl (C=O) groups excluding carboxylic acids is 2. The molecule has 2 aliphatic heterocycles. The molecule has 2 rings (SSSR count). The van der Waals surface area contributed by atoms with Crippen molar-refractivity contribution in [3.63, 3.8) is 0 Å². The zero-order chi connectivity index (χ0) is 19.6. The number of ketones is 1. The van der Waals surface area contributed by atoms with Crippen molar-refractivity contribution in [3.05, 3.63) is 12.3 Å². The zero-order valence-electron chi connectivity index (χ0n) is 17.0. The monoisotopic (exact) mass is 371 g/mol. The topological polar surface area (TPSA) is 59.1 Å². The number of nitrogens with zero attached hydrogens (tertiary/aromatic N) is 2. The molecule has 2 heterocycles. The summed E-state index contributed by atoms with van der Waals surface area (Å²) in [5, 5.41) is 0. The van der Waals surface area contributed by atoms with Gasteiger partial charge < -0.3 is 9.26 Å². The largest absolute Gasteiger partial charge is 0.352 e. The van der Waals surface area contributed by atoms with Gasteiger partial charge in [0.2, 0.25) is 5.91 Å². The molecule has 7 heteroatoms. The van der Waals surface area contributed by atoms with E-state index in [1.807, 2.05) is 6.92 Å². The molecule has 0 spiro atoms. The van der Waals surface area contributed by atoms with E-state index in [0.29, 0.717) is 12.1 Å². The van der Waals surface area contributed by atoms with Crippen LogP contribution in [0.15, 0.2) is 12.3 Å². The van der Waals surface area contributed by atoms with Gasteiger partial charge in [0.15, 0.2) is 5.78 Å². The van der Waals surface area contributed by atoms with Gasteiger partial charge in [-0.3, -0.25) is 19.2 Å². The Hall–Kier alpha value is -0.810. The normalized spacial score (nSPS) is 32.2. The number of rotatable bonds is 6. The molecule has 0 bridgehead atoms. The van der Waals surface area contributed by atoms with Gasteiger partial charge in [-0.1, -0.05) is 6.92 Å². The SMILES string of the molecule is [2H]CC1OC(N2C=CC(=O)CC2=O)C(C)C1OP(C)N(C(C)C)C(C)C. The lowest BCUT2D eigenvalue weighted by Gasteiger charge is -2.37. The van der Waals surface area contributed by atoms with E-state index in [2.05, 4.69) is 39.0 Å². The number of hydrogen-bond donors (Lipinski definition) is 0. The molecular weight excluding hydrogens is 339 g/mol. The molecule has 6 nitrogen and oxygen atoms in total. The van der Waals surface area contributed by atoms with Crippen molar-refractivity contribution in [3.8, 4) is 0 Å². The molecule has 1 saturated heterocycles. The van der Waals surface area contributed by atoms with Crippen molar-refractivity contribution in [1.82, 2.24) is 9.57 Å². The molecule has 0 aromatic carbocycles. The van der Waals surface area contributed by atoms with Crippen LogP contribution in [-0.2, 0) is 18.8 Å². The second-order valence-corrected chi connectivity index (χ2v) is 8.89. The summed E-state index contributed by atoms with van der Waals surface area (Å²) in [6.07, 6.45) is 1.64. The minimum atomic E-state index is -0.853. The summed E-state index contributed by atoms with van der Waals surface area (Å²) in [5.41, 5.74) is 0. The lowest BCUT2D eigenvalue weighted by Crippen LogP contribution is -2.43. The molecule has 1 amide bonds. The molecule has 2 aliphatic rings. The quantitative estimate of drug-likeness (QED) is 0.530. The Kier molecular flexibility index (Phi) is 6.26. The first-order valence-electron chi connectivity index (χ1n) is 9.53. The molecule has 5 atom stereocenters. The molecule has 0 aromatic heterocycles. The zero-order valence-corrected chi connectivity index (χ0v) is 16.9. The van der Waals surface area contributed by atoms with Gasteiger partial charge in [-0.25, -0.2) is 0 Å². The van der Waals surface area contributed by atoms with Crippen LogP contribution < -0.4 is 0 Å². The third-order valence-electron chi connectivity index (χ3n) is 4.61. The molecule has 25 heavy (non-hydrogen) atoms. The van der Waals surface area contributed by atoms with Crippen molar-refractivity contribution in [1.29, 1.82) is 0 Å². The smallest absolute Gasteiger partial charge is 0.236 e. The Morgan fingerprint density at radius 1 is 1.36 bits per heavy atom. The third kappa shape index (κ3) is 4.48. The Balaban J connectivity index is 2.14. The lowest BCUT2D eigenvalue weighted by atomic mass is 10.0. The molecule has 0 N–H and O–H groups in total. The summed E-state index contributed by atoms with van der Waals surface area (Å²) in [5.74, 6) is -0.537. The van der Waals surface area contributed by atoms with Gasteiger partial charge in [-0.05, 0) is 47.3 Å². The summed E-state index contributed by atoms with van der Waals surface area (Å²) < 4.78 is 22.6. The highest BCUT2D eigenvalue weighted by molar-refractivity contribution is 7.49. The van der Waals surface area contributed by atoms with E-state index in [1.165, 1.54) is 17.2 Å². The Morgan fingerprint density at radius 2 is 2.00 bits per heavy atom. The van der Waals surface area contributed by atoms with Crippen LogP contribution in [0.5, 0.6) is 0 Å². The van der Waals surface area contributed by atoms with Crippen LogP contribution in [0, 0.1) is 5.92 Å². The van der Waals surface area contributed by atoms with E-state index in [1.54, 1.807) is 0 Å². The third-order valence-corrected chi connectivity index (χ3v) is 6.74. The van der Waals surface area contributed by atoms with Crippen LogP contribution in [0.25, 0.3) is 0 Å². The lowest BCUT2D eigenvalue weighted by molar-refractivity contribution is -0.144. The first-order valence-corrected chi connectivity index (χ1v) is 10.5. The summed E-state index contributed by atoms with van der Waals surface area (Å²) in [4.78, 5) is 25.1. The molecular formula is C18H31N2O4P. The molecule has 5 unspecified atom stereocenters. The first-order chi connectivity index (χ1) is 12.2. The first kappa shape index (κ1) is 19.0. The van der Waals surface area contributed by atoms with Crippen LogP contribution in [0.4, 0.5) is 0 Å². The van der Waals surface area contributed by atoms with Gasteiger partial charge in [0.05, 0.1) is 18.6 Å². The molecule has 0 saturated carbocycles. The number of hydrogen-bond acceptors (Lipinski definition) is 5. The summed E-state index contributed by atoms with van der Waals surface area (Å²) in [6.45, 7) is 12.7. The molecule has 0 radical (unpaired) electrons. The standard InChI is InChI=1S/C18H31N2O4P/c1-11(2)20(12(3)4)25(7)24-17-13(5)18(23-14(17)6)19-9-8-15(21)10-16(19)22/h8-9,11-14,17-18H,10H2,1-7H3/i6D. The van der Waals surface area contributed by atoms with Gasteiger partial charge >= 0.3 is 0 Å². The highest BCUT2D eigenvalue weighted by Gasteiger charge is 2.46.